The van der Waals surface area contributed by atoms with E-state index in [9.17, 15) is 4.79 Å². The van der Waals surface area contributed by atoms with Crippen LogP contribution in [0, 0.1) is 5.41 Å². The number of rotatable bonds is 5. The number of hydrogen-bond donors (Lipinski definition) is 0. The predicted molar refractivity (Wildman–Crippen MR) is 106 cm³/mol. The molecule has 0 radical (unpaired) electrons. The van der Waals surface area contributed by atoms with Gasteiger partial charge in [-0.25, -0.2) is 0 Å². The average Bonchev–Trinajstić information content (AvgIpc) is 3.02. The highest BCUT2D eigenvalue weighted by molar-refractivity contribution is 5.79. The van der Waals surface area contributed by atoms with Crippen molar-refractivity contribution in [2.24, 2.45) is 5.41 Å². The molecule has 2 aliphatic heterocycles. The molecule has 1 aliphatic carbocycles. The number of cyclic esters (lactones) is 1. The fourth-order valence-electron chi connectivity index (χ4n) is 5.00. The lowest BCUT2D eigenvalue weighted by Crippen LogP contribution is -2.47. The van der Waals surface area contributed by atoms with Gasteiger partial charge in [0.1, 0.15) is 11.9 Å². The molecule has 1 spiro atoms. The van der Waals surface area contributed by atoms with Gasteiger partial charge in [-0.1, -0.05) is 25.3 Å². The molecule has 5 nitrogen and oxygen atoms in total. The van der Waals surface area contributed by atoms with Crippen LogP contribution in [0.1, 0.15) is 44.9 Å². The summed E-state index contributed by atoms with van der Waals surface area (Å²) in [6.07, 6.45) is 7.80. The maximum absolute atomic E-state index is 12.4. The van der Waals surface area contributed by atoms with Crippen molar-refractivity contribution in [1.29, 1.82) is 0 Å². The molecule has 3 aliphatic rings. The summed E-state index contributed by atoms with van der Waals surface area (Å²) in [7, 11) is 1.71. The molecule has 1 aromatic rings. The van der Waals surface area contributed by atoms with Crippen molar-refractivity contribution < 1.29 is 14.3 Å². The van der Waals surface area contributed by atoms with Crippen molar-refractivity contribution in [2.45, 2.75) is 51.0 Å². The molecule has 1 aromatic carbocycles. The first-order valence-corrected chi connectivity index (χ1v) is 10.5. The Morgan fingerprint density at radius 3 is 2.67 bits per heavy atom. The van der Waals surface area contributed by atoms with Crippen LogP contribution in [-0.2, 0) is 9.53 Å². The molecular formula is C22H32N2O3. The zero-order valence-corrected chi connectivity index (χ0v) is 16.5. The standard InChI is InChI=1S/C22H32N2O3/c1-26-19-7-5-6-18(16-19)24-14-12-23(13-15-24)11-8-20-17-22(21(25)27-20)9-3-2-4-10-22/h5-7,16,20H,2-4,8-15,17H2,1H3/t20-/m1/s1. The second-order valence-corrected chi connectivity index (χ2v) is 8.39. The van der Waals surface area contributed by atoms with Gasteiger partial charge in [-0.2, -0.15) is 0 Å². The second-order valence-electron chi connectivity index (χ2n) is 8.39. The lowest BCUT2D eigenvalue weighted by atomic mass is 9.72. The molecule has 148 valence electrons. The van der Waals surface area contributed by atoms with Crippen LogP contribution in [-0.4, -0.2) is 56.8 Å². The van der Waals surface area contributed by atoms with Crippen LogP contribution in [0.5, 0.6) is 5.75 Å². The van der Waals surface area contributed by atoms with Gasteiger partial charge in [-0.05, 0) is 31.4 Å². The van der Waals surface area contributed by atoms with Crippen LogP contribution in [0.25, 0.3) is 0 Å². The second kappa shape index (κ2) is 8.09. The Labute approximate surface area is 162 Å². The van der Waals surface area contributed by atoms with E-state index < -0.39 is 0 Å². The minimum atomic E-state index is -0.131. The Morgan fingerprint density at radius 2 is 1.93 bits per heavy atom. The van der Waals surface area contributed by atoms with Gasteiger partial charge >= 0.3 is 5.97 Å². The van der Waals surface area contributed by atoms with E-state index in [1.807, 2.05) is 6.07 Å². The average molecular weight is 373 g/mol. The van der Waals surface area contributed by atoms with Gasteiger partial charge in [-0.3, -0.25) is 9.69 Å². The Hall–Kier alpha value is -1.75. The Bertz CT molecular complexity index is 649. The molecule has 1 atom stereocenters. The number of ether oxygens (including phenoxy) is 2. The first-order valence-electron chi connectivity index (χ1n) is 10.5. The van der Waals surface area contributed by atoms with Crippen LogP contribution in [0.4, 0.5) is 5.69 Å². The van der Waals surface area contributed by atoms with E-state index in [1.54, 1.807) is 7.11 Å². The molecule has 0 unspecified atom stereocenters. The normalized spacial score (nSPS) is 25.6. The smallest absolute Gasteiger partial charge is 0.312 e. The minimum absolute atomic E-state index is 0.0926. The first-order chi connectivity index (χ1) is 13.2. The summed E-state index contributed by atoms with van der Waals surface area (Å²) < 4.78 is 11.1. The molecular weight excluding hydrogens is 340 g/mol. The van der Waals surface area contributed by atoms with Crippen molar-refractivity contribution in [3.05, 3.63) is 24.3 Å². The van der Waals surface area contributed by atoms with E-state index in [2.05, 4.69) is 28.0 Å². The van der Waals surface area contributed by atoms with E-state index >= 15 is 0 Å². The molecule has 2 saturated heterocycles. The van der Waals surface area contributed by atoms with E-state index in [-0.39, 0.29) is 17.5 Å². The first kappa shape index (κ1) is 18.6. The summed E-state index contributed by atoms with van der Waals surface area (Å²) in [4.78, 5) is 17.3. The SMILES string of the molecule is COc1cccc(N2CCN(CC[C@@H]3CC4(CCCCC4)C(=O)O3)CC2)c1. The number of esters is 1. The Kier molecular flexibility index (Phi) is 5.58. The van der Waals surface area contributed by atoms with E-state index in [0.717, 1.165) is 64.2 Å². The molecule has 5 heteroatoms. The maximum atomic E-state index is 12.4. The van der Waals surface area contributed by atoms with Crippen molar-refractivity contribution >= 4 is 11.7 Å². The van der Waals surface area contributed by atoms with Crippen LogP contribution in [0.15, 0.2) is 24.3 Å². The van der Waals surface area contributed by atoms with Gasteiger partial charge in [0.2, 0.25) is 0 Å². The number of nitrogens with zero attached hydrogens (tertiary/aromatic N) is 2. The van der Waals surface area contributed by atoms with Gasteiger partial charge in [0.15, 0.2) is 0 Å². The lowest BCUT2D eigenvalue weighted by molar-refractivity contribution is -0.150. The predicted octanol–water partition coefficient (Wildman–Crippen LogP) is 3.47. The van der Waals surface area contributed by atoms with Crippen LogP contribution < -0.4 is 9.64 Å². The third-order valence-electron chi connectivity index (χ3n) is 6.69. The highest BCUT2D eigenvalue weighted by atomic mass is 16.6. The van der Waals surface area contributed by atoms with Gasteiger partial charge < -0.3 is 14.4 Å². The maximum Gasteiger partial charge on any atom is 0.312 e. The van der Waals surface area contributed by atoms with Crippen molar-refractivity contribution in [1.82, 2.24) is 4.90 Å². The number of carbonyl (C=O) groups excluding carboxylic acids is 1. The largest absolute Gasteiger partial charge is 0.497 e. The summed E-state index contributed by atoms with van der Waals surface area (Å²) >= 11 is 0. The summed E-state index contributed by atoms with van der Waals surface area (Å²) in [6.45, 7) is 5.20. The number of carbonyl (C=O) groups is 1. The monoisotopic (exact) mass is 372 g/mol. The minimum Gasteiger partial charge on any atom is -0.497 e. The molecule has 0 aromatic heterocycles. The number of hydrogen-bond acceptors (Lipinski definition) is 5. The molecule has 27 heavy (non-hydrogen) atoms. The van der Waals surface area contributed by atoms with Gasteiger partial charge in [-0.15, -0.1) is 0 Å². The molecule has 1 saturated carbocycles. The van der Waals surface area contributed by atoms with E-state index in [1.165, 1.54) is 24.9 Å². The van der Waals surface area contributed by atoms with E-state index in [0.29, 0.717) is 0 Å². The third-order valence-corrected chi connectivity index (χ3v) is 6.69. The quantitative estimate of drug-likeness (QED) is 0.741. The molecule has 3 fully saturated rings. The van der Waals surface area contributed by atoms with Gasteiger partial charge in [0, 0.05) is 50.9 Å². The highest BCUT2D eigenvalue weighted by Gasteiger charge is 2.48. The summed E-state index contributed by atoms with van der Waals surface area (Å²) in [5, 5.41) is 0. The molecule has 0 amide bonds. The Morgan fingerprint density at radius 1 is 1.15 bits per heavy atom. The van der Waals surface area contributed by atoms with E-state index in [4.69, 9.17) is 9.47 Å². The van der Waals surface area contributed by atoms with Crippen molar-refractivity contribution in [3.63, 3.8) is 0 Å². The highest BCUT2D eigenvalue weighted by Crippen LogP contribution is 2.46. The lowest BCUT2D eigenvalue weighted by Gasteiger charge is -2.36. The number of anilines is 1. The van der Waals surface area contributed by atoms with Crippen LogP contribution >= 0.6 is 0 Å². The topological polar surface area (TPSA) is 42.0 Å². The summed E-state index contributed by atoms with van der Waals surface area (Å²) in [5.74, 6) is 1.00. The summed E-state index contributed by atoms with van der Waals surface area (Å²) in [6, 6.07) is 8.30. The third kappa shape index (κ3) is 4.08. The van der Waals surface area contributed by atoms with Crippen LogP contribution in [0.3, 0.4) is 0 Å². The Balaban J connectivity index is 1.23. The molecule has 0 bridgehead atoms. The van der Waals surface area contributed by atoms with Gasteiger partial charge in [0.05, 0.1) is 12.5 Å². The molecule has 0 N–H and O–H groups in total. The number of piperazine rings is 1. The molecule has 4 rings (SSSR count). The fraction of sp³-hybridized carbons (Fsp3) is 0.682. The van der Waals surface area contributed by atoms with Crippen molar-refractivity contribution in [3.8, 4) is 5.75 Å². The number of benzene rings is 1. The summed E-state index contributed by atoms with van der Waals surface area (Å²) in [5.41, 5.74) is 1.10. The van der Waals surface area contributed by atoms with Crippen molar-refractivity contribution in [2.75, 3.05) is 44.7 Å². The zero-order chi connectivity index (χ0) is 18.7. The fourth-order valence-corrected chi connectivity index (χ4v) is 5.00. The molecule has 2 heterocycles. The van der Waals surface area contributed by atoms with Crippen LogP contribution in [0.2, 0.25) is 0 Å². The van der Waals surface area contributed by atoms with Gasteiger partial charge in [0.25, 0.3) is 0 Å². The number of methoxy groups -OCH3 is 1. The zero-order valence-electron chi connectivity index (χ0n) is 16.5.